The molecule has 6 aromatic carbocycles. The molecule has 4 heterocycles. The number of ether oxygens (including phenoxy) is 2. The number of aromatic hydroxyl groups is 2. The highest BCUT2D eigenvalue weighted by Crippen LogP contribution is 2.35. The number of hydrogen-bond acceptors (Lipinski definition) is 16. The molecule has 2 aromatic heterocycles. The minimum Gasteiger partial charge on any atom is -0.494 e. The lowest BCUT2D eigenvalue weighted by Crippen LogP contribution is -2.48. The Labute approximate surface area is 496 Å². The van der Waals surface area contributed by atoms with Crippen LogP contribution >= 0.6 is 0 Å². The third kappa shape index (κ3) is 15.4. The Kier molecular flexibility index (Phi) is 20.6. The summed E-state index contributed by atoms with van der Waals surface area (Å²) >= 11 is 0. The molecule has 2 aliphatic heterocycles. The van der Waals surface area contributed by atoms with Gasteiger partial charge in [0.1, 0.15) is 0 Å². The van der Waals surface area contributed by atoms with Gasteiger partial charge in [0.05, 0.1) is 72.4 Å². The number of amides is 2. The minimum atomic E-state index is -1.82. The van der Waals surface area contributed by atoms with E-state index in [0.29, 0.717) is 69.2 Å². The molecule has 22 nitrogen and oxygen atoms in total. The van der Waals surface area contributed by atoms with Crippen molar-refractivity contribution in [2.24, 2.45) is 9.98 Å². The molecule has 22 heteroatoms. The molecule has 2 saturated heterocycles. The number of carboxylic acid groups (broad SMARTS) is 2. The highest BCUT2D eigenvalue weighted by atomic mass is 16.5. The van der Waals surface area contributed by atoms with Crippen LogP contribution < -0.4 is 9.80 Å². The van der Waals surface area contributed by atoms with Gasteiger partial charge in [-0.2, -0.15) is 0 Å². The first kappa shape index (κ1) is 62.1. The van der Waals surface area contributed by atoms with E-state index in [1.165, 1.54) is 14.2 Å². The third-order valence-corrected chi connectivity index (χ3v) is 14.8. The van der Waals surface area contributed by atoms with Crippen LogP contribution in [-0.4, -0.2) is 205 Å². The van der Waals surface area contributed by atoms with Gasteiger partial charge in [-0.1, -0.05) is 72.8 Å². The van der Waals surface area contributed by atoms with E-state index in [1.54, 1.807) is 60.3 Å². The molecule has 0 radical (unpaired) electrons. The molecule has 6 N–H and O–H groups in total. The molecule has 0 saturated carbocycles. The molecule has 0 bridgehead atoms. The number of aliphatic carboxylic acids is 2. The van der Waals surface area contributed by atoms with Gasteiger partial charge in [0, 0.05) is 111 Å². The number of nitrogens with one attached hydrogen (secondary N) is 2. The predicted molar refractivity (Wildman–Crippen MR) is 329 cm³/mol. The highest BCUT2D eigenvalue weighted by Gasteiger charge is 2.25. The molecule has 86 heavy (non-hydrogen) atoms. The standard InChI is InChI=1S/2C31H33N5O4.C2H2O4/c2*1-34-15-17-36(18-16-34)20-27(37)35(2)24-12-10-23(11-13-24)32-29(21-7-5-4-6-8-21)28-25-14-9-22(31(39)40-3)19-26(25)33-30(28)38;3-1(4)2(5)6/h2*4-14,19,33,38H,15-18,20H2,1-3H3;(H,3,4)(H,5,6). The second-order valence-corrected chi connectivity index (χ2v) is 20.6. The first-order chi connectivity index (χ1) is 41.3. The number of anilines is 2. The van der Waals surface area contributed by atoms with E-state index >= 15 is 0 Å². The zero-order valence-electron chi connectivity index (χ0n) is 48.6. The number of hydrogen-bond donors (Lipinski definition) is 6. The van der Waals surface area contributed by atoms with E-state index in [-0.39, 0.29) is 23.6 Å². The van der Waals surface area contributed by atoms with Crippen LogP contribution in [0.5, 0.6) is 11.8 Å². The van der Waals surface area contributed by atoms with Crippen LogP contribution in [0.4, 0.5) is 22.7 Å². The van der Waals surface area contributed by atoms with Crippen LogP contribution in [0.1, 0.15) is 43.0 Å². The summed E-state index contributed by atoms with van der Waals surface area (Å²) in [7, 11) is 10.4. The number of aliphatic imine (C=N–C) groups is 2. The van der Waals surface area contributed by atoms with Gasteiger partial charge in [-0.15, -0.1) is 0 Å². The lowest BCUT2D eigenvalue weighted by molar-refractivity contribution is -0.159. The number of aromatic amines is 2. The highest BCUT2D eigenvalue weighted by molar-refractivity contribution is 6.27. The van der Waals surface area contributed by atoms with Crippen molar-refractivity contribution in [1.82, 2.24) is 29.6 Å². The normalized spacial score (nSPS) is 14.3. The minimum absolute atomic E-state index is 0.0424. The quantitative estimate of drug-likeness (QED) is 0.0356. The summed E-state index contributed by atoms with van der Waals surface area (Å²) in [6.07, 6.45) is 0. The fraction of sp³-hybridized carbons (Fsp3) is 0.250. The van der Waals surface area contributed by atoms with Crippen LogP contribution in [0.3, 0.4) is 0 Å². The number of fused-ring (bicyclic) bond motifs is 2. The smallest absolute Gasteiger partial charge is 0.414 e. The molecule has 0 atom stereocenters. The maximum atomic E-state index is 12.9. The van der Waals surface area contributed by atoms with Crippen LogP contribution in [0, 0.1) is 0 Å². The summed E-state index contributed by atoms with van der Waals surface area (Å²) in [5.41, 5.74) is 8.68. The van der Waals surface area contributed by atoms with Crippen LogP contribution in [0.15, 0.2) is 156 Å². The summed E-state index contributed by atoms with van der Waals surface area (Å²) in [6, 6.07) is 44.3. The maximum Gasteiger partial charge on any atom is 0.414 e. The number of rotatable bonds is 14. The van der Waals surface area contributed by atoms with Gasteiger partial charge in [-0.05, 0) is 86.9 Å². The monoisotopic (exact) mass is 1170 g/mol. The summed E-state index contributed by atoms with van der Waals surface area (Å²) in [5, 5.41) is 38.1. The second kappa shape index (κ2) is 28.5. The molecule has 446 valence electrons. The number of likely N-dealkylation sites (N-methyl/N-ethyl adjacent to an activating group) is 4. The lowest BCUT2D eigenvalue weighted by atomic mass is 10.00. The Balaban J connectivity index is 0.000000204. The van der Waals surface area contributed by atoms with Gasteiger partial charge in [0.25, 0.3) is 0 Å². The van der Waals surface area contributed by atoms with Gasteiger partial charge in [-0.25, -0.2) is 29.2 Å². The van der Waals surface area contributed by atoms with Crippen molar-refractivity contribution in [2.45, 2.75) is 0 Å². The number of piperazine rings is 2. The zero-order chi connectivity index (χ0) is 61.6. The summed E-state index contributed by atoms with van der Waals surface area (Å²) < 4.78 is 9.67. The van der Waals surface area contributed by atoms with Crippen molar-refractivity contribution in [3.05, 3.63) is 179 Å². The number of nitrogens with zero attached hydrogens (tertiary/aromatic N) is 8. The fourth-order valence-corrected chi connectivity index (χ4v) is 9.71. The first-order valence-corrected chi connectivity index (χ1v) is 27.5. The number of carbonyl (C=O) groups is 6. The largest absolute Gasteiger partial charge is 0.494 e. The molecule has 0 spiro atoms. The molecular formula is C64H68N10O12. The molecule has 0 aliphatic carbocycles. The van der Waals surface area contributed by atoms with Crippen molar-refractivity contribution >= 4 is 91.7 Å². The Hall–Kier alpha value is -10.00. The summed E-state index contributed by atoms with van der Waals surface area (Å²) in [4.78, 5) is 96.2. The zero-order valence-corrected chi connectivity index (χ0v) is 48.6. The summed E-state index contributed by atoms with van der Waals surface area (Å²) in [6.45, 7) is 8.18. The van der Waals surface area contributed by atoms with Crippen LogP contribution in [0.25, 0.3) is 21.8 Å². The van der Waals surface area contributed by atoms with Crippen molar-refractivity contribution in [3.8, 4) is 11.8 Å². The predicted octanol–water partition coefficient (Wildman–Crippen LogP) is 7.23. The Bertz CT molecular complexity index is 3530. The van der Waals surface area contributed by atoms with Crippen LogP contribution in [-0.2, 0) is 28.7 Å². The van der Waals surface area contributed by atoms with Crippen molar-refractivity contribution in [2.75, 3.05) is 118 Å². The molecule has 8 aromatic rings. The SMILES string of the molecule is COC(=O)c1ccc2c(C(=Nc3ccc(N(C)C(=O)CN4CCN(C)CC4)cc3)c3ccccc3)c(O)[nH]c2c1.COC(=O)c1ccc2c(C(=Nc3ccc(N(C)C(=O)CN4CCN(C)CC4)cc3)c3ccccc3)c(O)[nH]c2c1.O=C(O)C(=O)O. The van der Waals surface area contributed by atoms with E-state index < -0.39 is 23.9 Å². The molecule has 2 amide bonds. The number of carbonyl (C=O) groups excluding carboxylic acids is 4. The van der Waals surface area contributed by atoms with Crippen LogP contribution in [0.2, 0.25) is 0 Å². The Morgan fingerprint density at radius 2 is 0.814 bits per heavy atom. The number of esters is 2. The van der Waals surface area contributed by atoms with Crippen molar-refractivity contribution in [3.63, 3.8) is 0 Å². The van der Waals surface area contributed by atoms with E-state index in [4.69, 9.17) is 39.3 Å². The number of H-pyrrole nitrogens is 2. The maximum absolute atomic E-state index is 12.9. The number of methoxy groups -OCH3 is 2. The van der Waals surface area contributed by atoms with Gasteiger partial charge >= 0.3 is 23.9 Å². The number of carboxylic acids is 2. The van der Waals surface area contributed by atoms with E-state index in [1.807, 2.05) is 109 Å². The van der Waals surface area contributed by atoms with Crippen molar-refractivity contribution < 1.29 is 58.7 Å². The first-order valence-electron chi connectivity index (χ1n) is 27.5. The van der Waals surface area contributed by atoms with E-state index in [2.05, 4.69) is 43.7 Å². The fourth-order valence-electron chi connectivity index (χ4n) is 9.71. The van der Waals surface area contributed by atoms with Gasteiger partial charge in [0.15, 0.2) is 11.8 Å². The van der Waals surface area contributed by atoms with Gasteiger partial charge in [-0.3, -0.25) is 19.4 Å². The average molecular weight is 1170 g/mol. The van der Waals surface area contributed by atoms with Gasteiger partial charge < -0.3 is 59.5 Å². The van der Waals surface area contributed by atoms with Crippen molar-refractivity contribution in [1.29, 1.82) is 0 Å². The molecule has 0 unspecified atom stereocenters. The Morgan fingerprint density at radius 1 is 0.477 bits per heavy atom. The number of benzene rings is 6. The average Bonchev–Trinajstić information content (AvgIpc) is 1.97. The number of aromatic nitrogens is 2. The molecule has 2 fully saturated rings. The topological polar surface area (TPSA) is 278 Å². The van der Waals surface area contributed by atoms with Gasteiger partial charge in [0.2, 0.25) is 11.8 Å². The van der Waals surface area contributed by atoms with E-state index in [0.717, 1.165) is 85.6 Å². The molecular weight excluding hydrogens is 1100 g/mol. The second-order valence-electron chi connectivity index (χ2n) is 20.6. The van der Waals surface area contributed by atoms with E-state index in [9.17, 15) is 29.4 Å². The third-order valence-electron chi connectivity index (χ3n) is 14.8. The molecule has 10 rings (SSSR count). The lowest BCUT2D eigenvalue weighted by Gasteiger charge is -2.32. The Morgan fingerprint density at radius 3 is 1.13 bits per heavy atom. The molecule has 2 aliphatic rings. The summed E-state index contributed by atoms with van der Waals surface area (Å²) in [5.74, 6) is -4.58.